The maximum atomic E-state index is 12.8. The number of ether oxygens (including phenoxy) is 3. The van der Waals surface area contributed by atoms with Crippen LogP contribution in [-0.2, 0) is 28.6 Å². The van der Waals surface area contributed by atoms with Crippen LogP contribution in [0.3, 0.4) is 0 Å². The molecule has 1 atom stereocenters. The predicted molar refractivity (Wildman–Crippen MR) is 288 cm³/mol. The van der Waals surface area contributed by atoms with Crippen molar-refractivity contribution in [1.82, 2.24) is 0 Å². The van der Waals surface area contributed by atoms with Crippen LogP contribution >= 0.6 is 0 Å². The molecule has 0 aliphatic rings. The summed E-state index contributed by atoms with van der Waals surface area (Å²) in [5.41, 5.74) is 0. The summed E-state index contributed by atoms with van der Waals surface area (Å²) >= 11 is 0. The summed E-state index contributed by atoms with van der Waals surface area (Å²) in [7, 11) is 0. The summed E-state index contributed by atoms with van der Waals surface area (Å²) in [5, 5.41) is 0. The van der Waals surface area contributed by atoms with Crippen LogP contribution < -0.4 is 0 Å². The second-order valence-electron chi connectivity index (χ2n) is 18.5. The minimum Gasteiger partial charge on any atom is -0.462 e. The lowest BCUT2D eigenvalue weighted by atomic mass is 10.0. The standard InChI is InChI=1S/C61H104O6/c1-4-7-10-13-16-19-22-24-25-26-27-28-29-30-31-32-33-34-35-37-39-42-45-48-51-54-60(63)66-57-58(56-65-59(62)53-50-47-44-41-38-21-18-15-12-9-6-3)67-61(64)55-52-49-46-43-40-36-23-20-17-14-11-8-5-2/h7,10,15-16,18-19,24-25,27-28,30-31,33-34,58H,4-6,8-9,11-14,17,20-23,26,29,32,35-57H2,1-3H3/b10-7-,18-15-,19-16-,25-24-,28-27-,31-30-,34-33-. The van der Waals surface area contributed by atoms with Gasteiger partial charge in [-0.1, -0.05) is 241 Å². The molecule has 0 spiro atoms. The molecule has 0 amide bonds. The topological polar surface area (TPSA) is 78.9 Å². The first-order valence-electron chi connectivity index (χ1n) is 28.1. The Morgan fingerprint density at radius 3 is 0.970 bits per heavy atom. The number of carbonyl (C=O) groups excluding carboxylic acids is 3. The Labute approximate surface area is 414 Å². The van der Waals surface area contributed by atoms with E-state index in [4.69, 9.17) is 14.2 Å². The predicted octanol–water partition coefficient (Wildman–Crippen LogP) is 18.8. The Morgan fingerprint density at radius 1 is 0.313 bits per heavy atom. The van der Waals surface area contributed by atoms with Gasteiger partial charge in [0.2, 0.25) is 0 Å². The number of hydrogen-bond donors (Lipinski definition) is 0. The van der Waals surface area contributed by atoms with E-state index >= 15 is 0 Å². The molecule has 0 aliphatic heterocycles. The molecule has 0 aromatic carbocycles. The fourth-order valence-corrected chi connectivity index (χ4v) is 7.66. The summed E-state index contributed by atoms with van der Waals surface area (Å²) in [5.74, 6) is -0.903. The molecule has 0 heterocycles. The van der Waals surface area contributed by atoms with E-state index in [9.17, 15) is 14.4 Å². The molecule has 0 radical (unpaired) electrons. The minimum atomic E-state index is -0.783. The van der Waals surface area contributed by atoms with Crippen LogP contribution in [0.25, 0.3) is 0 Å². The molecule has 384 valence electrons. The van der Waals surface area contributed by atoms with Crippen LogP contribution in [0.4, 0.5) is 0 Å². The lowest BCUT2D eigenvalue weighted by Crippen LogP contribution is -2.30. The molecule has 67 heavy (non-hydrogen) atoms. The zero-order chi connectivity index (χ0) is 48.6. The van der Waals surface area contributed by atoms with Gasteiger partial charge >= 0.3 is 17.9 Å². The maximum Gasteiger partial charge on any atom is 0.306 e. The lowest BCUT2D eigenvalue weighted by molar-refractivity contribution is -0.167. The lowest BCUT2D eigenvalue weighted by Gasteiger charge is -2.18. The van der Waals surface area contributed by atoms with Gasteiger partial charge < -0.3 is 14.2 Å². The summed E-state index contributed by atoms with van der Waals surface area (Å²) < 4.78 is 16.8. The van der Waals surface area contributed by atoms with E-state index in [1.807, 2.05) is 0 Å². The maximum absolute atomic E-state index is 12.8. The van der Waals surface area contributed by atoms with Crippen LogP contribution in [0.5, 0.6) is 0 Å². The fraction of sp³-hybridized carbons (Fsp3) is 0.721. The van der Waals surface area contributed by atoms with Crippen molar-refractivity contribution in [2.45, 2.75) is 271 Å². The van der Waals surface area contributed by atoms with Crippen molar-refractivity contribution in [3.05, 3.63) is 85.1 Å². The molecule has 6 heteroatoms. The first-order valence-corrected chi connectivity index (χ1v) is 28.1. The second-order valence-corrected chi connectivity index (χ2v) is 18.5. The highest BCUT2D eigenvalue weighted by Crippen LogP contribution is 2.15. The highest BCUT2D eigenvalue weighted by Gasteiger charge is 2.19. The number of carbonyl (C=O) groups is 3. The Kier molecular flexibility index (Phi) is 52.4. The van der Waals surface area contributed by atoms with E-state index in [0.717, 1.165) is 116 Å². The van der Waals surface area contributed by atoms with E-state index in [1.54, 1.807) is 0 Å². The largest absolute Gasteiger partial charge is 0.462 e. The molecule has 0 fully saturated rings. The van der Waals surface area contributed by atoms with E-state index in [-0.39, 0.29) is 31.1 Å². The molecule has 0 aliphatic carbocycles. The van der Waals surface area contributed by atoms with Gasteiger partial charge in [-0.2, -0.15) is 0 Å². The number of hydrogen-bond acceptors (Lipinski definition) is 6. The van der Waals surface area contributed by atoms with Gasteiger partial charge in [0.25, 0.3) is 0 Å². The van der Waals surface area contributed by atoms with Gasteiger partial charge in [0.05, 0.1) is 0 Å². The molecule has 0 aromatic rings. The van der Waals surface area contributed by atoms with Gasteiger partial charge in [0.15, 0.2) is 6.10 Å². The van der Waals surface area contributed by atoms with Gasteiger partial charge in [-0.15, -0.1) is 0 Å². The second kappa shape index (κ2) is 55.2. The summed E-state index contributed by atoms with van der Waals surface area (Å²) in [6, 6.07) is 0. The first-order chi connectivity index (χ1) is 33.0. The molecule has 0 saturated carbocycles. The van der Waals surface area contributed by atoms with E-state index in [2.05, 4.69) is 106 Å². The van der Waals surface area contributed by atoms with Crippen molar-refractivity contribution in [2.24, 2.45) is 0 Å². The van der Waals surface area contributed by atoms with Crippen LogP contribution in [0.15, 0.2) is 85.1 Å². The zero-order valence-corrected chi connectivity index (χ0v) is 43.9. The minimum absolute atomic E-state index is 0.0839. The van der Waals surface area contributed by atoms with Crippen LogP contribution in [0, 0.1) is 0 Å². The molecular weight excluding hydrogens is 829 g/mol. The molecule has 6 nitrogen and oxygen atoms in total. The summed E-state index contributed by atoms with van der Waals surface area (Å²) in [4.78, 5) is 38.0. The van der Waals surface area contributed by atoms with Gasteiger partial charge in [-0.25, -0.2) is 0 Å². The SMILES string of the molecule is CC/C=C\C/C=C\C/C=C\C/C=C\C/C=C\C/C=C\CCCCCCCCC(=O)OCC(COC(=O)CCCCCCC/C=C\CCCC)OC(=O)CCCCCCCCCCCCCCC. The molecular formula is C61H104O6. The van der Waals surface area contributed by atoms with Crippen LogP contribution in [0.1, 0.15) is 265 Å². The average Bonchev–Trinajstić information content (AvgIpc) is 3.33. The number of esters is 3. The van der Waals surface area contributed by atoms with E-state index in [0.29, 0.717) is 19.3 Å². The Balaban J connectivity index is 4.31. The van der Waals surface area contributed by atoms with Gasteiger partial charge in [-0.3, -0.25) is 14.4 Å². The number of rotatable bonds is 50. The summed E-state index contributed by atoms with van der Waals surface area (Å²) in [6.07, 6.45) is 71.4. The highest BCUT2D eigenvalue weighted by molar-refractivity contribution is 5.71. The average molecular weight is 933 g/mol. The van der Waals surface area contributed by atoms with Crippen LogP contribution in [0.2, 0.25) is 0 Å². The van der Waals surface area contributed by atoms with E-state index in [1.165, 1.54) is 109 Å². The molecule has 0 rings (SSSR count). The zero-order valence-electron chi connectivity index (χ0n) is 43.9. The third-order valence-corrected chi connectivity index (χ3v) is 11.9. The van der Waals surface area contributed by atoms with Gasteiger partial charge in [-0.05, 0) is 89.9 Å². The van der Waals surface area contributed by atoms with Crippen molar-refractivity contribution in [3.8, 4) is 0 Å². The van der Waals surface area contributed by atoms with E-state index < -0.39 is 6.10 Å². The quantitative estimate of drug-likeness (QED) is 0.0262. The number of unbranched alkanes of at least 4 members (excludes halogenated alkanes) is 25. The first kappa shape index (κ1) is 63.6. The van der Waals surface area contributed by atoms with Gasteiger partial charge in [0, 0.05) is 19.3 Å². The fourth-order valence-electron chi connectivity index (χ4n) is 7.66. The monoisotopic (exact) mass is 933 g/mol. The third-order valence-electron chi connectivity index (χ3n) is 11.9. The van der Waals surface area contributed by atoms with Crippen molar-refractivity contribution >= 4 is 17.9 Å². The Hall–Kier alpha value is -3.41. The third kappa shape index (κ3) is 53.4. The number of allylic oxidation sites excluding steroid dienone is 14. The van der Waals surface area contributed by atoms with Crippen molar-refractivity contribution in [3.63, 3.8) is 0 Å². The van der Waals surface area contributed by atoms with Crippen molar-refractivity contribution in [1.29, 1.82) is 0 Å². The molecule has 0 saturated heterocycles. The molecule has 1 unspecified atom stereocenters. The smallest absolute Gasteiger partial charge is 0.306 e. The molecule has 0 aromatic heterocycles. The Morgan fingerprint density at radius 2 is 0.597 bits per heavy atom. The highest BCUT2D eigenvalue weighted by atomic mass is 16.6. The summed E-state index contributed by atoms with van der Waals surface area (Å²) in [6.45, 7) is 6.47. The molecule has 0 bridgehead atoms. The normalized spacial score (nSPS) is 12.7. The van der Waals surface area contributed by atoms with Crippen molar-refractivity contribution < 1.29 is 28.6 Å². The molecule has 0 N–H and O–H groups in total. The van der Waals surface area contributed by atoms with Gasteiger partial charge in [0.1, 0.15) is 13.2 Å². The van der Waals surface area contributed by atoms with Crippen LogP contribution in [-0.4, -0.2) is 37.2 Å². The van der Waals surface area contributed by atoms with Crippen molar-refractivity contribution in [2.75, 3.05) is 13.2 Å². The Bertz CT molecular complexity index is 1300.